The molecule has 0 spiro atoms. The van der Waals surface area contributed by atoms with Crippen molar-refractivity contribution in [3.05, 3.63) is 57.0 Å². The van der Waals surface area contributed by atoms with Crippen LogP contribution in [0.2, 0.25) is 5.02 Å². The monoisotopic (exact) mass is 419 g/mol. The fraction of sp³-hybridized carbons (Fsp3) is 0.421. The normalized spacial score (nSPS) is 16.4. The van der Waals surface area contributed by atoms with Gasteiger partial charge in [0, 0.05) is 36.4 Å². The lowest BCUT2D eigenvalue weighted by molar-refractivity contribution is 0.0187. The maximum absolute atomic E-state index is 12.2. The third-order valence-corrected chi connectivity index (χ3v) is 5.97. The van der Waals surface area contributed by atoms with E-state index in [1.807, 2.05) is 19.1 Å². The summed E-state index contributed by atoms with van der Waals surface area (Å²) in [6, 6.07) is 9.64. The Morgan fingerprint density at radius 3 is 2.75 bits per heavy atom. The van der Waals surface area contributed by atoms with Crippen LogP contribution in [0.25, 0.3) is 4.96 Å². The molecule has 0 aliphatic carbocycles. The molecule has 1 atom stereocenters. The minimum atomic E-state index is -0.145. The Bertz CT molecular complexity index is 998. The Morgan fingerprint density at radius 2 is 2.04 bits per heavy atom. The number of fused-ring (bicyclic) bond motifs is 1. The van der Waals surface area contributed by atoms with Gasteiger partial charge in [-0.25, -0.2) is 4.98 Å². The van der Waals surface area contributed by atoms with Gasteiger partial charge in [-0.15, -0.1) is 5.10 Å². The van der Waals surface area contributed by atoms with E-state index in [2.05, 4.69) is 32.4 Å². The Hall–Kier alpha value is -2.00. The molecule has 1 N–H and O–H groups in total. The van der Waals surface area contributed by atoms with Crippen LogP contribution in [0.4, 0.5) is 5.13 Å². The summed E-state index contributed by atoms with van der Waals surface area (Å²) in [7, 11) is 0. The van der Waals surface area contributed by atoms with Crippen LogP contribution in [0.1, 0.15) is 24.2 Å². The second-order valence-corrected chi connectivity index (χ2v) is 8.03. The summed E-state index contributed by atoms with van der Waals surface area (Å²) >= 11 is 7.46. The predicted molar refractivity (Wildman–Crippen MR) is 112 cm³/mol. The van der Waals surface area contributed by atoms with Gasteiger partial charge in [-0.2, -0.15) is 4.52 Å². The van der Waals surface area contributed by atoms with Gasteiger partial charge < -0.3 is 10.1 Å². The first-order chi connectivity index (χ1) is 13.6. The average molecular weight is 420 g/mol. The molecular formula is C19H22ClN5O2S. The molecule has 0 amide bonds. The summed E-state index contributed by atoms with van der Waals surface area (Å²) in [6.45, 7) is 5.84. The van der Waals surface area contributed by atoms with Crippen molar-refractivity contribution < 1.29 is 4.74 Å². The summed E-state index contributed by atoms with van der Waals surface area (Å²) in [4.78, 5) is 19.7. The van der Waals surface area contributed by atoms with Crippen LogP contribution >= 0.6 is 22.9 Å². The van der Waals surface area contributed by atoms with Gasteiger partial charge in [0.25, 0.3) is 5.56 Å². The molecule has 3 aromatic rings. The molecule has 1 fully saturated rings. The van der Waals surface area contributed by atoms with Crippen molar-refractivity contribution in [1.82, 2.24) is 19.5 Å². The van der Waals surface area contributed by atoms with Crippen LogP contribution in [0.5, 0.6) is 0 Å². The van der Waals surface area contributed by atoms with Crippen LogP contribution < -0.4 is 10.9 Å². The topological polar surface area (TPSA) is 71.8 Å². The van der Waals surface area contributed by atoms with Gasteiger partial charge in [-0.3, -0.25) is 9.69 Å². The smallest absolute Gasteiger partial charge is 0.275 e. The van der Waals surface area contributed by atoms with Crippen LogP contribution in [0, 0.1) is 0 Å². The Morgan fingerprint density at radius 1 is 1.29 bits per heavy atom. The van der Waals surface area contributed by atoms with E-state index in [0.717, 1.165) is 43.4 Å². The van der Waals surface area contributed by atoms with Crippen molar-refractivity contribution in [3.8, 4) is 0 Å². The van der Waals surface area contributed by atoms with E-state index in [9.17, 15) is 4.79 Å². The summed E-state index contributed by atoms with van der Waals surface area (Å²) in [6.07, 6.45) is 0.724. The number of nitrogens with zero attached hydrogens (tertiary/aromatic N) is 4. The zero-order valence-electron chi connectivity index (χ0n) is 15.6. The highest BCUT2D eigenvalue weighted by molar-refractivity contribution is 7.20. The lowest BCUT2D eigenvalue weighted by Gasteiger charge is -2.34. The SMILES string of the molecule is CCc1cc(=O)n2nc(NCC(c3ccc(Cl)cc3)N3CCOCC3)sc2n1. The Kier molecular flexibility index (Phi) is 5.91. The number of rotatable bonds is 6. The molecule has 2 aromatic heterocycles. The molecule has 4 rings (SSSR count). The molecule has 0 saturated carbocycles. The van der Waals surface area contributed by atoms with E-state index < -0.39 is 0 Å². The summed E-state index contributed by atoms with van der Waals surface area (Å²) in [5.74, 6) is 0. The summed E-state index contributed by atoms with van der Waals surface area (Å²) in [5, 5.41) is 9.21. The average Bonchev–Trinajstić information content (AvgIpc) is 3.14. The van der Waals surface area contributed by atoms with E-state index >= 15 is 0 Å². The maximum atomic E-state index is 12.2. The lowest BCUT2D eigenvalue weighted by Crippen LogP contribution is -2.41. The molecule has 1 unspecified atom stereocenters. The van der Waals surface area contributed by atoms with Gasteiger partial charge in [0.05, 0.1) is 19.3 Å². The van der Waals surface area contributed by atoms with Gasteiger partial charge >= 0.3 is 0 Å². The van der Waals surface area contributed by atoms with Crippen molar-refractivity contribution >= 4 is 33.0 Å². The van der Waals surface area contributed by atoms with E-state index in [0.29, 0.717) is 16.6 Å². The van der Waals surface area contributed by atoms with Gasteiger partial charge in [0.2, 0.25) is 10.1 Å². The first-order valence-corrected chi connectivity index (χ1v) is 10.5. The number of hydrogen-bond donors (Lipinski definition) is 1. The van der Waals surface area contributed by atoms with Gasteiger partial charge in [0.1, 0.15) is 0 Å². The van der Waals surface area contributed by atoms with Gasteiger partial charge in [-0.05, 0) is 24.1 Å². The van der Waals surface area contributed by atoms with Crippen molar-refractivity contribution in [1.29, 1.82) is 0 Å². The van der Waals surface area contributed by atoms with E-state index in [4.69, 9.17) is 16.3 Å². The van der Waals surface area contributed by atoms with Gasteiger partial charge in [-0.1, -0.05) is 42.0 Å². The molecule has 148 valence electrons. The number of nitrogens with one attached hydrogen (secondary N) is 1. The van der Waals surface area contributed by atoms with Crippen LogP contribution in [-0.2, 0) is 11.2 Å². The highest BCUT2D eigenvalue weighted by Gasteiger charge is 2.23. The summed E-state index contributed by atoms with van der Waals surface area (Å²) in [5.41, 5.74) is 1.82. The first kappa shape index (κ1) is 19.3. The maximum Gasteiger partial charge on any atom is 0.275 e. The Balaban J connectivity index is 1.56. The highest BCUT2D eigenvalue weighted by Crippen LogP contribution is 2.25. The molecular weight excluding hydrogens is 398 g/mol. The van der Waals surface area contributed by atoms with Crippen molar-refractivity contribution in [2.45, 2.75) is 19.4 Å². The third-order valence-electron chi connectivity index (χ3n) is 4.85. The molecule has 0 radical (unpaired) electrons. The highest BCUT2D eigenvalue weighted by atomic mass is 35.5. The largest absolute Gasteiger partial charge is 0.379 e. The van der Waals surface area contributed by atoms with Crippen molar-refractivity contribution in [2.75, 3.05) is 38.2 Å². The summed E-state index contributed by atoms with van der Waals surface area (Å²) < 4.78 is 6.86. The molecule has 1 aliphatic heterocycles. The molecule has 7 nitrogen and oxygen atoms in total. The second-order valence-electron chi connectivity index (χ2n) is 6.64. The van der Waals surface area contributed by atoms with Crippen molar-refractivity contribution in [2.24, 2.45) is 0 Å². The fourth-order valence-corrected chi connectivity index (χ4v) is 4.28. The number of morpholine rings is 1. The number of ether oxygens (including phenoxy) is 1. The quantitative estimate of drug-likeness (QED) is 0.662. The van der Waals surface area contributed by atoms with Crippen LogP contribution in [0.3, 0.4) is 0 Å². The number of halogens is 1. The molecule has 1 aliphatic rings. The molecule has 3 heterocycles. The number of aryl methyl sites for hydroxylation is 1. The number of hydrogen-bond acceptors (Lipinski definition) is 7. The number of aromatic nitrogens is 3. The molecule has 1 saturated heterocycles. The van der Waals surface area contributed by atoms with Crippen molar-refractivity contribution in [3.63, 3.8) is 0 Å². The van der Waals surface area contributed by atoms with Gasteiger partial charge in [0.15, 0.2) is 0 Å². The second kappa shape index (κ2) is 8.57. The van der Waals surface area contributed by atoms with E-state index in [-0.39, 0.29) is 11.6 Å². The van der Waals surface area contributed by atoms with Crippen LogP contribution in [0.15, 0.2) is 35.1 Å². The first-order valence-electron chi connectivity index (χ1n) is 9.35. The molecule has 0 bridgehead atoms. The number of anilines is 1. The zero-order valence-corrected chi connectivity index (χ0v) is 17.2. The van der Waals surface area contributed by atoms with E-state index in [1.54, 1.807) is 6.07 Å². The van der Waals surface area contributed by atoms with E-state index in [1.165, 1.54) is 21.4 Å². The zero-order chi connectivity index (χ0) is 19.5. The minimum absolute atomic E-state index is 0.145. The standard InChI is InChI=1S/C19H22ClN5O2S/c1-2-15-11-17(26)25-19(22-15)28-18(23-25)21-12-16(24-7-9-27-10-8-24)13-3-5-14(20)6-4-13/h3-6,11,16H,2,7-10,12H2,1H3,(H,21,23). The number of benzene rings is 1. The lowest BCUT2D eigenvalue weighted by atomic mass is 10.0. The predicted octanol–water partition coefficient (Wildman–Crippen LogP) is 2.85. The fourth-order valence-electron chi connectivity index (χ4n) is 3.32. The minimum Gasteiger partial charge on any atom is -0.379 e. The molecule has 28 heavy (non-hydrogen) atoms. The molecule has 1 aromatic carbocycles. The van der Waals surface area contributed by atoms with Crippen LogP contribution in [-0.4, -0.2) is 52.3 Å². The Labute approximate surface area is 171 Å². The third kappa shape index (κ3) is 4.20. The molecule has 9 heteroatoms.